The van der Waals surface area contributed by atoms with Gasteiger partial charge in [-0.05, 0) is 78.6 Å². The number of phenols is 3. The molecule has 0 amide bonds. The Labute approximate surface area is 221 Å². The predicted molar refractivity (Wildman–Crippen MR) is 147 cm³/mol. The number of carbonyl (C=O) groups excluding carboxylic acids is 1. The van der Waals surface area contributed by atoms with Crippen LogP contribution in [0.3, 0.4) is 0 Å². The van der Waals surface area contributed by atoms with Crippen molar-refractivity contribution < 1.29 is 30.0 Å². The standard InChI is InChI=1S/C30H34N2O6/c1-3-4-5-19-12-28(35)26(29(36)13-19)17-32-16-21(25-15-23(33)10-11-27(25)32)14-24(34)18-38-30(37)20-6-8-22(31-2)9-7-20/h6-13,15-16,24,31,33-36H,3-5,14,17-18H2,1-2H3. The fourth-order valence-corrected chi connectivity index (χ4v) is 4.55. The van der Waals surface area contributed by atoms with E-state index in [4.69, 9.17) is 4.74 Å². The molecule has 0 aliphatic carbocycles. The number of carbonyl (C=O) groups is 1. The molecule has 3 aromatic carbocycles. The zero-order chi connectivity index (χ0) is 27.2. The molecule has 0 saturated heterocycles. The van der Waals surface area contributed by atoms with Crippen molar-refractivity contribution in [3.63, 3.8) is 0 Å². The molecule has 0 aliphatic rings. The number of nitrogens with zero attached hydrogens (tertiary/aromatic N) is 1. The highest BCUT2D eigenvalue weighted by Crippen LogP contribution is 2.33. The minimum atomic E-state index is -0.975. The molecule has 1 unspecified atom stereocenters. The molecule has 4 rings (SSSR count). The third-order valence-electron chi connectivity index (χ3n) is 6.63. The van der Waals surface area contributed by atoms with E-state index in [0.717, 1.165) is 47.0 Å². The van der Waals surface area contributed by atoms with Crippen molar-refractivity contribution in [2.45, 2.75) is 45.3 Å². The number of phenolic OH excluding ortho intramolecular Hbond substituents is 3. The lowest BCUT2D eigenvalue weighted by molar-refractivity contribution is 0.0259. The van der Waals surface area contributed by atoms with Crippen molar-refractivity contribution in [2.75, 3.05) is 19.0 Å². The third-order valence-corrected chi connectivity index (χ3v) is 6.63. The van der Waals surface area contributed by atoms with Gasteiger partial charge in [-0.15, -0.1) is 0 Å². The van der Waals surface area contributed by atoms with Crippen molar-refractivity contribution in [2.24, 2.45) is 0 Å². The quantitative estimate of drug-likeness (QED) is 0.178. The number of aromatic hydroxyl groups is 3. The van der Waals surface area contributed by atoms with Crippen LogP contribution in [0.15, 0.2) is 60.8 Å². The lowest BCUT2D eigenvalue weighted by atomic mass is 10.0. The number of esters is 1. The molecule has 200 valence electrons. The summed E-state index contributed by atoms with van der Waals surface area (Å²) < 4.78 is 7.17. The van der Waals surface area contributed by atoms with Gasteiger partial charge >= 0.3 is 5.97 Å². The first-order valence-corrected chi connectivity index (χ1v) is 12.8. The van der Waals surface area contributed by atoms with Gasteiger partial charge in [0.1, 0.15) is 23.9 Å². The van der Waals surface area contributed by atoms with Crippen LogP contribution in [0.25, 0.3) is 10.9 Å². The summed E-state index contributed by atoms with van der Waals surface area (Å²) in [6.45, 7) is 2.09. The van der Waals surface area contributed by atoms with Crippen molar-refractivity contribution in [1.82, 2.24) is 4.57 Å². The van der Waals surface area contributed by atoms with Crippen molar-refractivity contribution in [3.8, 4) is 17.2 Å². The van der Waals surface area contributed by atoms with Crippen LogP contribution >= 0.6 is 0 Å². The molecular formula is C30H34N2O6. The van der Waals surface area contributed by atoms with Gasteiger partial charge in [0.15, 0.2) is 0 Å². The van der Waals surface area contributed by atoms with Gasteiger partial charge in [0.25, 0.3) is 0 Å². The maximum atomic E-state index is 12.4. The molecular weight excluding hydrogens is 484 g/mol. The van der Waals surface area contributed by atoms with E-state index < -0.39 is 12.1 Å². The van der Waals surface area contributed by atoms with Gasteiger partial charge in [-0.1, -0.05) is 13.3 Å². The number of anilines is 1. The van der Waals surface area contributed by atoms with Gasteiger partial charge in [-0.3, -0.25) is 0 Å². The molecule has 8 nitrogen and oxygen atoms in total. The monoisotopic (exact) mass is 518 g/mol. The summed E-state index contributed by atoms with van der Waals surface area (Å²) >= 11 is 0. The molecule has 1 atom stereocenters. The Balaban J connectivity index is 1.51. The summed E-state index contributed by atoms with van der Waals surface area (Å²) in [4.78, 5) is 12.4. The van der Waals surface area contributed by atoms with Crippen molar-refractivity contribution in [1.29, 1.82) is 0 Å². The number of ether oxygens (including phenoxy) is 1. The first-order valence-electron chi connectivity index (χ1n) is 12.8. The molecule has 38 heavy (non-hydrogen) atoms. The normalized spacial score (nSPS) is 12.0. The number of aliphatic hydroxyl groups is 1. The van der Waals surface area contributed by atoms with Crippen LogP contribution < -0.4 is 5.32 Å². The van der Waals surface area contributed by atoms with E-state index in [1.54, 1.807) is 61.6 Å². The highest BCUT2D eigenvalue weighted by Gasteiger charge is 2.18. The highest BCUT2D eigenvalue weighted by molar-refractivity contribution is 5.90. The summed E-state index contributed by atoms with van der Waals surface area (Å²) in [5, 5.41) is 45.7. The zero-order valence-corrected chi connectivity index (χ0v) is 21.6. The molecule has 5 N–H and O–H groups in total. The third kappa shape index (κ3) is 6.20. The van der Waals surface area contributed by atoms with Crippen LogP contribution in [-0.4, -0.2) is 50.7 Å². The number of nitrogens with one attached hydrogen (secondary N) is 1. The number of rotatable bonds is 11. The van der Waals surface area contributed by atoms with E-state index in [9.17, 15) is 25.2 Å². The molecule has 0 radical (unpaired) electrons. The molecule has 0 aliphatic heterocycles. The lowest BCUT2D eigenvalue weighted by Gasteiger charge is -2.12. The van der Waals surface area contributed by atoms with Gasteiger partial charge in [0.05, 0.1) is 23.8 Å². The second kappa shape index (κ2) is 11.9. The lowest BCUT2D eigenvalue weighted by Crippen LogP contribution is -2.21. The SMILES string of the molecule is CCCCc1cc(O)c(Cn2cc(CC(O)COC(=O)c3ccc(NC)cc3)c3cc(O)ccc32)c(O)c1. The number of hydrogen-bond acceptors (Lipinski definition) is 7. The molecule has 0 saturated carbocycles. The number of fused-ring (bicyclic) bond motifs is 1. The second-order valence-electron chi connectivity index (χ2n) is 9.48. The topological polar surface area (TPSA) is 124 Å². The van der Waals surface area contributed by atoms with Crippen LogP contribution in [0.5, 0.6) is 17.2 Å². The molecule has 0 spiro atoms. The number of benzene rings is 3. The van der Waals surface area contributed by atoms with E-state index in [2.05, 4.69) is 12.2 Å². The molecule has 0 bridgehead atoms. The first-order chi connectivity index (χ1) is 18.3. The maximum absolute atomic E-state index is 12.4. The molecule has 0 fully saturated rings. The summed E-state index contributed by atoms with van der Waals surface area (Å²) in [5.41, 5.74) is 4.02. The minimum Gasteiger partial charge on any atom is -0.508 e. The number of unbranched alkanes of at least 4 members (excludes halogenated alkanes) is 1. The van der Waals surface area contributed by atoms with E-state index in [1.165, 1.54) is 0 Å². The van der Waals surface area contributed by atoms with Crippen molar-refractivity contribution in [3.05, 3.63) is 83.0 Å². The molecule has 1 heterocycles. The average Bonchev–Trinajstić information content (AvgIpc) is 3.23. The molecule has 1 aromatic heterocycles. The Bertz CT molecular complexity index is 1390. The molecule has 4 aromatic rings. The van der Waals surface area contributed by atoms with Gasteiger partial charge < -0.3 is 35.0 Å². The second-order valence-corrected chi connectivity index (χ2v) is 9.48. The Morgan fingerprint density at radius 3 is 2.39 bits per heavy atom. The number of aryl methyl sites for hydroxylation is 1. The average molecular weight is 519 g/mol. The van der Waals surface area contributed by atoms with Crippen LogP contribution in [0.1, 0.15) is 46.8 Å². The van der Waals surface area contributed by atoms with Gasteiger partial charge in [-0.2, -0.15) is 0 Å². The largest absolute Gasteiger partial charge is 0.508 e. The van der Waals surface area contributed by atoms with E-state index in [1.807, 2.05) is 10.8 Å². The van der Waals surface area contributed by atoms with Crippen LogP contribution in [-0.2, 0) is 24.1 Å². The van der Waals surface area contributed by atoms with Crippen molar-refractivity contribution >= 4 is 22.6 Å². The Morgan fingerprint density at radius 1 is 1.03 bits per heavy atom. The van der Waals surface area contributed by atoms with E-state index in [-0.39, 0.29) is 36.8 Å². The summed E-state index contributed by atoms with van der Waals surface area (Å²) in [7, 11) is 1.79. The number of hydrogen-bond donors (Lipinski definition) is 5. The van der Waals surface area contributed by atoms with Crippen LogP contribution in [0, 0.1) is 0 Å². The molecule has 8 heteroatoms. The number of aromatic nitrogens is 1. The fraction of sp³-hybridized carbons (Fsp3) is 0.300. The predicted octanol–water partition coefficient (Wildman–Crippen LogP) is 4.95. The summed E-state index contributed by atoms with van der Waals surface area (Å²) in [5.74, 6) is -0.408. The zero-order valence-electron chi connectivity index (χ0n) is 21.6. The summed E-state index contributed by atoms with van der Waals surface area (Å²) in [6, 6.07) is 15.1. The highest BCUT2D eigenvalue weighted by atomic mass is 16.5. The minimum absolute atomic E-state index is 0.0213. The van der Waals surface area contributed by atoms with Gasteiger partial charge in [0.2, 0.25) is 0 Å². The van der Waals surface area contributed by atoms with Crippen LogP contribution in [0.4, 0.5) is 5.69 Å². The smallest absolute Gasteiger partial charge is 0.338 e. The van der Waals surface area contributed by atoms with Gasteiger partial charge in [-0.25, -0.2) is 4.79 Å². The fourth-order valence-electron chi connectivity index (χ4n) is 4.55. The van der Waals surface area contributed by atoms with Gasteiger partial charge in [0, 0.05) is 36.3 Å². The van der Waals surface area contributed by atoms with E-state index in [0.29, 0.717) is 11.1 Å². The van der Waals surface area contributed by atoms with Crippen LogP contribution in [0.2, 0.25) is 0 Å². The summed E-state index contributed by atoms with van der Waals surface area (Å²) in [6.07, 6.45) is 3.77. The Hall–Kier alpha value is -4.17. The maximum Gasteiger partial charge on any atom is 0.338 e. The van der Waals surface area contributed by atoms with E-state index >= 15 is 0 Å². The Morgan fingerprint density at radius 2 is 1.74 bits per heavy atom. The number of aliphatic hydroxyl groups excluding tert-OH is 1. The Kier molecular flexibility index (Phi) is 8.43. The first kappa shape index (κ1) is 26.9.